The van der Waals surface area contributed by atoms with Crippen molar-refractivity contribution in [2.75, 3.05) is 24.2 Å². The van der Waals surface area contributed by atoms with Crippen LogP contribution in [-0.4, -0.2) is 50.6 Å². The highest BCUT2D eigenvalue weighted by Crippen LogP contribution is 2.30. The molecule has 0 atom stereocenters. The SMILES string of the molecule is O=C(CSc1ccccc1)Nc1cnn(CC(=O)N2CCC(Sc3ccc(F)cc3)CC2)c1. The second-order valence-electron chi connectivity index (χ2n) is 7.73. The monoisotopic (exact) mass is 484 g/mol. The van der Waals surface area contributed by atoms with E-state index in [0.29, 0.717) is 29.8 Å². The summed E-state index contributed by atoms with van der Waals surface area (Å²) in [6.45, 7) is 1.53. The minimum absolute atomic E-state index is 0.0147. The molecule has 172 valence electrons. The molecule has 0 bridgehead atoms. The maximum absolute atomic E-state index is 13.1. The quantitative estimate of drug-likeness (QED) is 0.476. The zero-order valence-corrected chi connectivity index (χ0v) is 19.7. The maximum Gasteiger partial charge on any atom is 0.244 e. The average Bonchev–Trinajstić information content (AvgIpc) is 3.27. The number of rotatable bonds is 8. The summed E-state index contributed by atoms with van der Waals surface area (Å²) in [6.07, 6.45) is 5.03. The summed E-state index contributed by atoms with van der Waals surface area (Å²) in [4.78, 5) is 28.8. The standard InChI is InChI=1S/C24H25FN4O2S2/c25-18-6-8-21(9-7-18)33-22-10-12-28(13-11-22)24(31)16-29-15-19(14-26-29)27-23(30)17-32-20-4-2-1-3-5-20/h1-9,14-15,22H,10-13,16-17H2,(H,27,30). The van der Waals surface area contributed by atoms with Crippen LogP contribution in [0.25, 0.3) is 0 Å². The molecule has 0 spiro atoms. The highest BCUT2D eigenvalue weighted by atomic mass is 32.2. The van der Waals surface area contributed by atoms with E-state index in [1.165, 1.54) is 23.9 Å². The lowest BCUT2D eigenvalue weighted by molar-refractivity contribution is -0.132. The molecule has 3 aromatic rings. The Labute approximate surface area is 200 Å². The Morgan fingerprint density at radius 2 is 1.76 bits per heavy atom. The summed E-state index contributed by atoms with van der Waals surface area (Å²) in [5.41, 5.74) is 0.580. The molecule has 0 radical (unpaired) electrons. The Morgan fingerprint density at radius 3 is 2.48 bits per heavy atom. The van der Waals surface area contributed by atoms with Crippen molar-refractivity contribution in [1.82, 2.24) is 14.7 Å². The number of carbonyl (C=O) groups excluding carboxylic acids is 2. The lowest BCUT2D eigenvalue weighted by Gasteiger charge is -2.31. The topological polar surface area (TPSA) is 67.2 Å². The van der Waals surface area contributed by atoms with Crippen LogP contribution < -0.4 is 5.32 Å². The number of piperidine rings is 1. The largest absolute Gasteiger partial charge is 0.341 e. The number of anilines is 1. The first-order chi connectivity index (χ1) is 16.0. The molecule has 6 nitrogen and oxygen atoms in total. The van der Waals surface area contributed by atoms with Gasteiger partial charge in [0.05, 0.1) is 17.6 Å². The molecule has 1 aliphatic rings. The minimum Gasteiger partial charge on any atom is -0.341 e. The van der Waals surface area contributed by atoms with Crippen molar-refractivity contribution in [3.8, 4) is 0 Å². The van der Waals surface area contributed by atoms with Gasteiger partial charge in [-0.05, 0) is 49.2 Å². The molecule has 33 heavy (non-hydrogen) atoms. The van der Waals surface area contributed by atoms with Crippen LogP contribution in [0.5, 0.6) is 0 Å². The van der Waals surface area contributed by atoms with Gasteiger partial charge in [0.2, 0.25) is 11.8 Å². The predicted octanol–water partition coefficient (Wildman–Crippen LogP) is 4.54. The minimum atomic E-state index is -0.229. The number of nitrogens with one attached hydrogen (secondary N) is 1. The summed E-state index contributed by atoms with van der Waals surface area (Å²) < 4.78 is 14.6. The third-order valence-electron chi connectivity index (χ3n) is 5.24. The van der Waals surface area contributed by atoms with Crippen molar-refractivity contribution in [3.05, 3.63) is 72.8 Å². The van der Waals surface area contributed by atoms with Crippen molar-refractivity contribution in [2.24, 2.45) is 0 Å². The van der Waals surface area contributed by atoms with E-state index in [1.54, 1.807) is 41.0 Å². The van der Waals surface area contributed by atoms with E-state index in [4.69, 9.17) is 0 Å². The molecule has 0 aliphatic carbocycles. The van der Waals surface area contributed by atoms with Crippen molar-refractivity contribution in [3.63, 3.8) is 0 Å². The Kier molecular flexibility index (Phi) is 8.06. The second-order valence-corrected chi connectivity index (χ2v) is 10.2. The summed E-state index contributed by atoms with van der Waals surface area (Å²) in [6, 6.07) is 16.3. The third-order valence-corrected chi connectivity index (χ3v) is 7.60. The average molecular weight is 485 g/mol. The number of nitrogens with zero attached hydrogens (tertiary/aromatic N) is 3. The van der Waals surface area contributed by atoms with Gasteiger partial charge in [0, 0.05) is 34.3 Å². The lowest BCUT2D eigenvalue weighted by Crippen LogP contribution is -2.41. The summed E-state index contributed by atoms with van der Waals surface area (Å²) in [5.74, 6) is -0.0255. The van der Waals surface area contributed by atoms with Crippen molar-refractivity contribution in [2.45, 2.75) is 34.4 Å². The summed E-state index contributed by atoms with van der Waals surface area (Å²) >= 11 is 3.20. The number of carbonyl (C=O) groups is 2. The van der Waals surface area contributed by atoms with E-state index in [-0.39, 0.29) is 24.2 Å². The first-order valence-electron chi connectivity index (χ1n) is 10.8. The Morgan fingerprint density at radius 1 is 1.03 bits per heavy atom. The fourth-order valence-electron chi connectivity index (χ4n) is 3.54. The first-order valence-corrected chi connectivity index (χ1v) is 12.6. The summed E-state index contributed by atoms with van der Waals surface area (Å²) in [5, 5.41) is 7.45. The van der Waals surface area contributed by atoms with Gasteiger partial charge in [0.25, 0.3) is 0 Å². The Bertz CT molecular complexity index is 1070. The molecular weight excluding hydrogens is 459 g/mol. The molecule has 1 aliphatic heterocycles. The highest BCUT2D eigenvalue weighted by Gasteiger charge is 2.23. The zero-order valence-electron chi connectivity index (χ0n) is 18.0. The number of hydrogen-bond donors (Lipinski definition) is 1. The van der Waals surface area contributed by atoms with Gasteiger partial charge in [0.1, 0.15) is 12.4 Å². The van der Waals surface area contributed by atoms with Crippen LogP contribution in [0.15, 0.2) is 76.8 Å². The molecule has 2 aromatic carbocycles. The number of halogens is 1. The van der Waals surface area contributed by atoms with Gasteiger partial charge in [-0.2, -0.15) is 5.10 Å². The molecular formula is C24H25FN4O2S2. The normalized spacial score (nSPS) is 14.3. The molecule has 1 aromatic heterocycles. The number of thioether (sulfide) groups is 2. The van der Waals surface area contributed by atoms with E-state index in [1.807, 2.05) is 35.2 Å². The van der Waals surface area contributed by atoms with Crippen molar-refractivity contribution >= 4 is 41.0 Å². The smallest absolute Gasteiger partial charge is 0.244 e. The lowest BCUT2D eigenvalue weighted by atomic mass is 10.1. The zero-order chi connectivity index (χ0) is 23.0. The van der Waals surface area contributed by atoms with Crippen LogP contribution >= 0.6 is 23.5 Å². The number of likely N-dealkylation sites (tertiary alicyclic amines) is 1. The van der Waals surface area contributed by atoms with Crippen molar-refractivity contribution in [1.29, 1.82) is 0 Å². The summed E-state index contributed by atoms with van der Waals surface area (Å²) in [7, 11) is 0. The van der Waals surface area contributed by atoms with E-state index in [2.05, 4.69) is 10.4 Å². The Hall–Kier alpha value is -2.78. The van der Waals surface area contributed by atoms with Gasteiger partial charge in [-0.1, -0.05) is 18.2 Å². The van der Waals surface area contributed by atoms with Crippen LogP contribution in [0.1, 0.15) is 12.8 Å². The van der Waals surface area contributed by atoms with Gasteiger partial charge in [-0.25, -0.2) is 4.39 Å². The van der Waals surface area contributed by atoms with Crippen LogP contribution in [0.4, 0.5) is 10.1 Å². The molecule has 9 heteroatoms. The molecule has 2 amide bonds. The number of benzene rings is 2. The molecule has 1 N–H and O–H groups in total. The highest BCUT2D eigenvalue weighted by molar-refractivity contribution is 8.00. The second kappa shape index (κ2) is 11.4. The van der Waals surface area contributed by atoms with Gasteiger partial charge < -0.3 is 10.2 Å². The van der Waals surface area contributed by atoms with Crippen LogP contribution in [0, 0.1) is 5.82 Å². The Balaban J connectivity index is 1.19. The number of amides is 2. The van der Waals surface area contributed by atoms with Crippen LogP contribution in [0.3, 0.4) is 0 Å². The maximum atomic E-state index is 13.1. The number of aromatic nitrogens is 2. The first kappa shape index (κ1) is 23.4. The van der Waals surface area contributed by atoms with E-state index in [9.17, 15) is 14.0 Å². The van der Waals surface area contributed by atoms with Crippen LogP contribution in [-0.2, 0) is 16.1 Å². The predicted molar refractivity (Wildman–Crippen MR) is 130 cm³/mol. The molecule has 1 fully saturated rings. The molecule has 0 unspecified atom stereocenters. The van der Waals surface area contributed by atoms with Gasteiger partial charge in [-0.3, -0.25) is 14.3 Å². The number of hydrogen-bond acceptors (Lipinski definition) is 5. The van der Waals surface area contributed by atoms with Gasteiger partial charge in [-0.15, -0.1) is 23.5 Å². The fourth-order valence-corrected chi connectivity index (χ4v) is 5.39. The molecule has 0 saturated carbocycles. The van der Waals surface area contributed by atoms with E-state index in [0.717, 1.165) is 22.6 Å². The van der Waals surface area contributed by atoms with Gasteiger partial charge >= 0.3 is 0 Å². The van der Waals surface area contributed by atoms with Gasteiger partial charge in [0.15, 0.2) is 0 Å². The van der Waals surface area contributed by atoms with Crippen LogP contribution in [0.2, 0.25) is 0 Å². The van der Waals surface area contributed by atoms with E-state index >= 15 is 0 Å². The molecule has 4 rings (SSSR count). The van der Waals surface area contributed by atoms with Crippen molar-refractivity contribution < 1.29 is 14.0 Å². The third kappa shape index (κ3) is 7.10. The fraction of sp³-hybridized carbons (Fsp3) is 0.292. The molecule has 2 heterocycles. The van der Waals surface area contributed by atoms with E-state index < -0.39 is 0 Å². The molecule has 1 saturated heterocycles.